The molecule has 0 aliphatic heterocycles. The van der Waals surface area contributed by atoms with E-state index in [0.29, 0.717) is 0 Å². The van der Waals surface area contributed by atoms with Crippen LogP contribution in [0.5, 0.6) is 0 Å². The second kappa shape index (κ2) is 2.72. The van der Waals surface area contributed by atoms with Crippen LogP contribution in [0.25, 0.3) is 0 Å². The van der Waals surface area contributed by atoms with Crippen molar-refractivity contribution in [2.45, 2.75) is 18.3 Å². The number of aliphatic hydroxyl groups is 1. The van der Waals surface area contributed by atoms with Crippen molar-refractivity contribution in [1.82, 2.24) is 0 Å². The zero-order chi connectivity index (χ0) is 10.6. The van der Waals surface area contributed by atoms with Gasteiger partial charge in [0.1, 0.15) is 0 Å². The summed E-state index contributed by atoms with van der Waals surface area (Å²) in [5.41, 5.74) is -2.50. The van der Waals surface area contributed by atoms with Gasteiger partial charge in [0.25, 0.3) is 0 Å². The highest BCUT2D eigenvalue weighted by atomic mass is 19.4. The highest BCUT2D eigenvalue weighted by Crippen LogP contribution is 2.58. The molecule has 1 fully saturated rings. The van der Waals surface area contributed by atoms with Gasteiger partial charge in [0, 0.05) is 5.92 Å². The number of rotatable bonds is 1. The minimum absolute atomic E-state index is 0.168. The standard InChI is InChI=1S/C9H10F4O/c10-8(4-14)6-2-1-5(3-6)7(8)9(11,12)13/h1-2,5-7,14H,3-4H2. The van der Waals surface area contributed by atoms with E-state index in [9.17, 15) is 17.6 Å². The molecule has 1 N–H and O–H groups in total. The third-order valence-corrected chi connectivity index (χ3v) is 3.27. The highest BCUT2D eigenvalue weighted by Gasteiger charge is 2.66. The third-order valence-electron chi connectivity index (χ3n) is 3.27. The fourth-order valence-electron chi connectivity index (χ4n) is 2.65. The molecule has 80 valence electrons. The van der Waals surface area contributed by atoms with Crippen LogP contribution in [0.1, 0.15) is 6.42 Å². The smallest absolute Gasteiger partial charge is 0.393 e. The Labute approximate surface area is 78.4 Å². The number of fused-ring (bicyclic) bond motifs is 2. The molecule has 0 heterocycles. The molecular formula is C9H10F4O. The van der Waals surface area contributed by atoms with Gasteiger partial charge in [0.2, 0.25) is 0 Å². The molecule has 0 amide bonds. The molecule has 4 atom stereocenters. The van der Waals surface area contributed by atoms with E-state index in [1.165, 1.54) is 12.2 Å². The van der Waals surface area contributed by atoms with Crippen LogP contribution in [-0.2, 0) is 0 Å². The summed E-state index contributed by atoms with van der Waals surface area (Å²) in [5.74, 6) is -3.60. The average molecular weight is 210 g/mol. The van der Waals surface area contributed by atoms with E-state index in [-0.39, 0.29) is 6.42 Å². The molecule has 1 nitrogen and oxygen atoms in total. The van der Waals surface area contributed by atoms with Crippen LogP contribution in [-0.4, -0.2) is 23.6 Å². The van der Waals surface area contributed by atoms with E-state index in [0.717, 1.165) is 0 Å². The van der Waals surface area contributed by atoms with E-state index >= 15 is 0 Å². The Morgan fingerprint density at radius 1 is 1.36 bits per heavy atom. The van der Waals surface area contributed by atoms with Crippen LogP contribution in [0.15, 0.2) is 12.2 Å². The molecule has 0 aromatic heterocycles. The zero-order valence-corrected chi connectivity index (χ0v) is 7.26. The summed E-state index contributed by atoms with van der Waals surface area (Å²) in [7, 11) is 0. The number of hydrogen-bond donors (Lipinski definition) is 1. The number of halogens is 4. The second-order valence-corrected chi connectivity index (χ2v) is 4.00. The van der Waals surface area contributed by atoms with Crippen LogP contribution in [0.3, 0.4) is 0 Å². The third kappa shape index (κ3) is 1.11. The Hall–Kier alpha value is -0.580. The molecule has 0 aromatic rings. The molecule has 2 aliphatic rings. The quantitative estimate of drug-likeness (QED) is 0.519. The SMILES string of the molecule is OCC1(F)C2C=CC(C2)C1C(F)(F)F. The number of alkyl halides is 4. The van der Waals surface area contributed by atoms with Gasteiger partial charge in [-0.2, -0.15) is 13.2 Å². The van der Waals surface area contributed by atoms with Crippen molar-refractivity contribution in [3.63, 3.8) is 0 Å². The topological polar surface area (TPSA) is 20.2 Å². The summed E-state index contributed by atoms with van der Waals surface area (Å²) in [4.78, 5) is 0. The van der Waals surface area contributed by atoms with Crippen LogP contribution < -0.4 is 0 Å². The van der Waals surface area contributed by atoms with Gasteiger partial charge >= 0.3 is 6.18 Å². The van der Waals surface area contributed by atoms with Gasteiger partial charge in [-0.15, -0.1) is 0 Å². The van der Waals surface area contributed by atoms with Gasteiger partial charge < -0.3 is 5.11 Å². The van der Waals surface area contributed by atoms with Crippen molar-refractivity contribution < 1.29 is 22.7 Å². The predicted molar refractivity (Wildman–Crippen MR) is 41.2 cm³/mol. The molecule has 4 unspecified atom stereocenters. The molecule has 14 heavy (non-hydrogen) atoms. The van der Waals surface area contributed by atoms with Crippen molar-refractivity contribution in [2.75, 3.05) is 6.61 Å². The van der Waals surface area contributed by atoms with Crippen molar-refractivity contribution in [2.24, 2.45) is 17.8 Å². The summed E-state index contributed by atoms with van der Waals surface area (Å²) >= 11 is 0. The molecule has 0 spiro atoms. The second-order valence-electron chi connectivity index (χ2n) is 4.00. The number of allylic oxidation sites excluding steroid dienone is 2. The lowest BCUT2D eigenvalue weighted by Crippen LogP contribution is -2.48. The molecule has 2 rings (SSSR count). The van der Waals surface area contributed by atoms with Crippen LogP contribution in [0, 0.1) is 17.8 Å². The predicted octanol–water partition coefficient (Wildman–Crippen LogP) is 2.07. The van der Waals surface area contributed by atoms with Crippen molar-refractivity contribution in [1.29, 1.82) is 0 Å². The van der Waals surface area contributed by atoms with E-state index in [1.54, 1.807) is 0 Å². The van der Waals surface area contributed by atoms with E-state index in [4.69, 9.17) is 5.11 Å². The largest absolute Gasteiger partial charge is 0.395 e. The molecule has 0 saturated heterocycles. The van der Waals surface area contributed by atoms with Gasteiger partial charge in [-0.25, -0.2) is 4.39 Å². The maximum absolute atomic E-state index is 13.9. The molecule has 2 aliphatic carbocycles. The maximum atomic E-state index is 13.9. The highest BCUT2D eigenvalue weighted by molar-refractivity contribution is 5.21. The summed E-state index contributed by atoms with van der Waals surface area (Å²) < 4.78 is 51.4. The molecule has 0 aromatic carbocycles. The molecule has 1 saturated carbocycles. The maximum Gasteiger partial charge on any atom is 0.395 e. The molecule has 0 radical (unpaired) electrons. The van der Waals surface area contributed by atoms with Gasteiger partial charge in [-0.1, -0.05) is 12.2 Å². The van der Waals surface area contributed by atoms with E-state index in [2.05, 4.69) is 0 Å². The first-order chi connectivity index (χ1) is 6.39. The lowest BCUT2D eigenvalue weighted by atomic mass is 9.80. The monoisotopic (exact) mass is 210 g/mol. The van der Waals surface area contributed by atoms with Gasteiger partial charge in [-0.05, 0) is 12.3 Å². The van der Waals surface area contributed by atoms with Crippen LogP contribution >= 0.6 is 0 Å². The minimum atomic E-state index is -4.57. The summed E-state index contributed by atoms with van der Waals surface area (Å²) in [5, 5.41) is 8.77. The fraction of sp³-hybridized carbons (Fsp3) is 0.778. The first kappa shape index (κ1) is 9.96. The Kier molecular flexibility index (Phi) is 1.93. The summed E-state index contributed by atoms with van der Waals surface area (Å²) in [6, 6.07) is 0. The fourth-order valence-corrected chi connectivity index (χ4v) is 2.65. The Morgan fingerprint density at radius 3 is 2.43 bits per heavy atom. The molecule has 5 heteroatoms. The van der Waals surface area contributed by atoms with Gasteiger partial charge in [0.05, 0.1) is 12.5 Å². The first-order valence-corrected chi connectivity index (χ1v) is 4.44. The van der Waals surface area contributed by atoms with Gasteiger partial charge in [-0.3, -0.25) is 0 Å². The summed E-state index contributed by atoms with van der Waals surface area (Å²) in [6.45, 7) is -1.05. The molecule has 2 bridgehead atoms. The molecular weight excluding hydrogens is 200 g/mol. The van der Waals surface area contributed by atoms with Crippen LogP contribution in [0.2, 0.25) is 0 Å². The van der Waals surface area contributed by atoms with Crippen molar-refractivity contribution in [3.05, 3.63) is 12.2 Å². The normalized spacial score (nSPS) is 46.2. The van der Waals surface area contributed by atoms with E-state index in [1.807, 2.05) is 0 Å². The Bertz CT molecular complexity index is 272. The first-order valence-electron chi connectivity index (χ1n) is 4.44. The van der Waals surface area contributed by atoms with E-state index < -0.39 is 36.2 Å². The summed E-state index contributed by atoms with van der Waals surface area (Å²) in [6.07, 6.45) is -1.54. The van der Waals surface area contributed by atoms with Gasteiger partial charge in [0.15, 0.2) is 5.67 Å². The van der Waals surface area contributed by atoms with Crippen molar-refractivity contribution in [3.8, 4) is 0 Å². The Balaban J connectivity index is 2.36. The average Bonchev–Trinajstić information content (AvgIpc) is 2.60. The lowest BCUT2D eigenvalue weighted by Gasteiger charge is -2.34. The number of aliphatic hydroxyl groups excluding tert-OH is 1. The van der Waals surface area contributed by atoms with Crippen LogP contribution in [0.4, 0.5) is 17.6 Å². The number of hydrogen-bond acceptors (Lipinski definition) is 1. The van der Waals surface area contributed by atoms with Crippen molar-refractivity contribution >= 4 is 0 Å². The Morgan fingerprint density at radius 2 is 2.00 bits per heavy atom. The lowest BCUT2D eigenvalue weighted by molar-refractivity contribution is -0.220. The zero-order valence-electron chi connectivity index (χ0n) is 7.26. The minimum Gasteiger partial charge on any atom is -0.393 e.